The molecule has 0 aliphatic carbocycles. The van der Waals surface area contributed by atoms with Crippen LogP contribution in [0.4, 0.5) is 5.69 Å². The van der Waals surface area contributed by atoms with Crippen molar-refractivity contribution in [1.29, 1.82) is 0 Å². The quantitative estimate of drug-likeness (QED) is 0.946. The highest BCUT2D eigenvalue weighted by Gasteiger charge is 2.05. The van der Waals surface area contributed by atoms with Crippen LogP contribution in [-0.4, -0.2) is 14.8 Å². The van der Waals surface area contributed by atoms with Crippen LogP contribution in [-0.2, 0) is 13.6 Å². The minimum Gasteiger partial charge on any atom is -0.377 e. The molecule has 0 fully saturated rings. The summed E-state index contributed by atoms with van der Waals surface area (Å²) < 4.78 is 2.89. The molecular weight excluding hydrogens is 304 g/mol. The minimum atomic E-state index is 0.623. The van der Waals surface area contributed by atoms with Gasteiger partial charge >= 0.3 is 0 Å². The van der Waals surface area contributed by atoms with Crippen molar-refractivity contribution in [2.24, 2.45) is 7.05 Å². The molecule has 0 spiro atoms. The highest BCUT2D eigenvalue weighted by molar-refractivity contribution is 9.10. The number of hydrogen-bond acceptors (Lipinski definition) is 3. The van der Waals surface area contributed by atoms with E-state index in [9.17, 15) is 0 Å². The lowest BCUT2D eigenvalue weighted by Gasteiger charge is -2.08. The van der Waals surface area contributed by atoms with Crippen molar-refractivity contribution < 1.29 is 0 Å². The molecule has 0 unspecified atom stereocenters. The minimum absolute atomic E-state index is 0.623. The van der Waals surface area contributed by atoms with Crippen molar-refractivity contribution in [3.8, 4) is 0 Å². The Morgan fingerprint density at radius 2 is 2.18 bits per heavy atom. The number of hydrogen-bond donors (Lipinski definition) is 1. The second-order valence-electron chi connectivity index (χ2n) is 3.70. The molecule has 0 saturated heterocycles. The SMILES string of the molecule is Cc1nnc(CNc2ccc(Cl)cc2Br)n1C. The summed E-state index contributed by atoms with van der Waals surface area (Å²) in [6.45, 7) is 2.55. The first-order valence-corrected chi connectivity index (χ1v) is 6.29. The third-order valence-corrected chi connectivity index (χ3v) is 3.44. The van der Waals surface area contributed by atoms with Crippen molar-refractivity contribution in [3.05, 3.63) is 39.3 Å². The Morgan fingerprint density at radius 1 is 1.41 bits per heavy atom. The molecule has 0 bridgehead atoms. The van der Waals surface area contributed by atoms with Crippen LogP contribution in [0, 0.1) is 6.92 Å². The molecule has 0 aliphatic heterocycles. The van der Waals surface area contributed by atoms with Crippen molar-refractivity contribution in [1.82, 2.24) is 14.8 Å². The molecule has 2 aromatic rings. The van der Waals surface area contributed by atoms with Gasteiger partial charge in [0.1, 0.15) is 5.82 Å². The molecule has 90 valence electrons. The lowest BCUT2D eigenvalue weighted by Crippen LogP contribution is -2.07. The van der Waals surface area contributed by atoms with Crippen LogP contribution < -0.4 is 5.32 Å². The maximum absolute atomic E-state index is 5.88. The van der Waals surface area contributed by atoms with Crippen LogP contribution in [0.3, 0.4) is 0 Å². The fourth-order valence-electron chi connectivity index (χ4n) is 1.41. The van der Waals surface area contributed by atoms with E-state index in [0.29, 0.717) is 11.6 Å². The molecule has 17 heavy (non-hydrogen) atoms. The molecule has 0 aliphatic rings. The Bertz CT molecular complexity index is 538. The zero-order chi connectivity index (χ0) is 12.4. The Balaban J connectivity index is 2.10. The Hall–Kier alpha value is -1.07. The van der Waals surface area contributed by atoms with Crippen LogP contribution in [0.5, 0.6) is 0 Å². The van der Waals surface area contributed by atoms with Crippen LogP contribution in [0.25, 0.3) is 0 Å². The number of aromatic nitrogens is 3. The lowest BCUT2D eigenvalue weighted by molar-refractivity contribution is 0.789. The summed E-state index contributed by atoms with van der Waals surface area (Å²) in [6, 6.07) is 5.62. The molecule has 1 heterocycles. The van der Waals surface area contributed by atoms with Gasteiger partial charge in [-0.1, -0.05) is 11.6 Å². The predicted octanol–water partition coefficient (Wildman–Crippen LogP) is 3.15. The van der Waals surface area contributed by atoms with E-state index in [0.717, 1.165) is 21.8 Å². The van der Waals surface area contributed by atoms with Gasteiger partial charge in [0.05, 0.1) is 6.54 Å². The molecule has 1 aromatic heterocycles. The highest BCUT2D eigenvalue weighted by Crippen LogP contribution is 2.26. The summed E-state index contributed by atoms with van der Waals surface area (Å²) in [7, 11) is 1.95. The average Bonchev–Trinajstić information content (AvgIpc) is 2.59. The van der Waals surface area contributed by atoms with Gasteiger partial charge in [0.25, 0.3) is 0 Å². The summed E-state index contributed by atoms with van der Waals surface area (Å²) in [6.07, 6.45) is 0. The average molecular weight is 316 g/mol. The standard InChI is InChI=1S/C11H12BrClN4/c1-7-15-16-11(17(7)2)6-14-10-4-3-8(13)5-9(10)12/h3-5,14H,6H2,1-2H3. The fourth-order valence-corrected chi connectivity index (χ4v) is 2.23. The second-order valence-corrected chi connectivity index (χ2v) is 4.99. The van der Waals surface area contributed by atoms with Crippen molar-refractivity contribution in [3.63, 3.8) is 0 Å². The van der Waals surface area contributed by atoms with Gasteiger partial charge in [-0.2, -0.15) is 0 Å². The molecule has 1 aromatic carbocycles. The molecule has 1 N–H and O–H groups in total. The largest absolute Gasteiger partial charge is 0.377 e. The number of nitrogens with zero attached hydrogens (tertiary/aromatic N) is 3. The summed E-state index contributed by atoms with van der Waals surface area (Å²) in [5, 5.41) is 12.1. The first-order chi connectivity index (χ1) is 8.08. The summed E-state index contributed by atoms with van der Waals surface area (Å²) >= 11 is 9.33. The number of nitrogens with one attached hydrogen (secondary N) is 1. The van der Waals surface area contributed by atoms with Gasteiger partial charge in [-0.25, -0.2) is 0 Å². The third kappa shape index (κ3) is 2.79. The fraction of sp³-hybridized carbons (Fsp3) is 0.273. The van der Waals surface area contributed by atoms with E-state index in [-0.39, 0.29) is 0 Å². The van der Waals surface area contributed by atoms with Crippen LogP contribution in [0.1, 0.15) is 11.6 Å². The molecule has 0 saturated carbocycles. The van der Waals surface area contributed by atoms with Crippen molar-refractivity contribution in [2.75, 3.05) is 5.32 Å². The van der Waals surface area contributed by atoms with E-state index >= 15 is 0 Å². The smallest absolute Gasteiger partial charge is 0.152 e. The number of halogens is 2. The van der Waals surface area contributed by atoms with Gasteiger partial charge in [0.15, 0.2) is 5.82 Å². The Morgan fingerprint density at radius 3 is 2.76 bits per heavy atom. The first-order valence-electron chi connectivity index (χ1n) is 5.11. The normalized spacial score (nSPS) is 10.6. The summed E-state index contributed by atoms with van der Waals surface area (Å²) in [5.41, 5.74) is 0.982. The predicted molar refractivity (Wildman–Crippen MR) is 72.2 cm³/mol. The van der Waals surface area contributed by atoms with E-state index in [1.165, 1.54) is 0 Å². The second kappa shape index (κ2) is 5.06. The van der Waals surface area contributed by atoms with Crippen molar-refractivity contribution >= 4 is 33.2 Å². The van der Waals surface area contributed by atoms with Gasteiger partial charge in [-0.3, -0.25) is 0 Å². The van der Waals surface area contributed by atoms with Gasteiger partial charge in [0.2, 0.25) is 0 Å². The van der Waals surface area contributed by atoms with E-state index in [4.69, 9.17) is 11.6 Å². The van der Waals surface area contributed by atoms with Crippen LogP contribution in [0.2, 0.25) is 5.02 Å². The van der Waals surface area contributed by atoms with Crippen LogP contribution in [0.15, 0.2) is 22.7 Å². The maximum atomic E-state index is 5.88. The highest BCUT2D eigenvalue weighted by atomic mass is 79.9. The van der Waals surface area contributed by atoms with E-state index < -0.39 is 0 Å². The monoisotopic (exact) mass is 314 g/mol. The first kappa shape index (κ1) is 12.4. The van der Waals surface area contributed by atoms with Gasteiger partial charge in [-0.05, 0) is 41.1 Å². The zero-order valence-corrected chi connectivity index (χ0v) is 11.9. The summed E-state index contributed by atoms with van der Waals surface area (Å²) in [5.74, 6) is 1.79. The molecule has 0 radical (unpaired) electrons. The molecule has 4 nitrogen and oxygen atoms in total. The zero-order valence-electron chi connectivity index (χ0n) is 9.54. The molecule has 0 amide bonds. The number of aryl methyl sites for hydroxylation is 1. The Labute approximate surface area is 113 Å². The maximum Gasteiger partial charge on any atom is 0.152 e. The van der Waals surface area contributed by atoms with E-state index in [1.807, 2.05) is 36.7 Å². The lowest BCUT2D eigenvalue weighted by atomic mass is 10.3. The molecular formula is C11H12BrClN4. The molecule has 6 heteroatoms. The third-order valence-electron chi connectivity index (χ3n) is 2.55. The van der Waals surface area contributed by atoms with Gasteiger partial charge < -0.3 is 9.88 Å². The molecule has 2 rings (SSSR count). The van der Waals surface area contributed by atoms with Gasteiger partial charge in [0, 0.05) is 22.2 Å². The van der Waals surface area contributed by atoms with Gasteiger partial charge in [-0.15, -0.1) is 10.2 Å². The van der Waals surface area contributed by atoms with Crippen LogP contribution >= 0.6 is 27.5 Å². The number of rotatable bonds is 3. The van der Waals surface area contributed by atoms with E-state index in [1.54, 1.807) is 0 Å². The van der Waals surface area contributed by atoms with E-state index in [2.05, 4.69) is 31.4 Å². The van der Waals surface area contributed by atoms with Crippen molar-refractivity contribution in [2.45, 2.75) is 13.5 Å². The molecule has 0 atom stereocenters. The Kier molecular flexibility index (Phi) is 3.69. The number of anilines is 1. The number of benzene rings is 1. The summed E-state index contributed by atoms with van der Waals surface area (Å²) in [4.78, 5) is 0. The topological polar surface area (TPSA) is 42.7 Å².